The summed E-state index contributed by atoms with van der Waals surface area (Å²) in [6, 6.07) is 8.08. The van der Waals surface area contributed by atoms with Crippen molar-refractivity contribution in [3.8, 4) is 11.6 Å². The Bertz CT molecular complexity index is 1260. The van der Waals surface area contributed by atoms with E-state index in [0.29, 0.717) is 35.0 Å². The highest BCUT2D eigenvalue weighted by Gasteiger charge is 2.71. The molecule has 0 bridgehead atoms. The number of anilines is 1. The molecule has 1 amide bonds. The predicted octanol–water partition coefficient (Wildman–Crippen LogP) is 5.87. The SMILES string of the molecule is O=C(COc1cc(C(F)(F)F)nn1-c1ccccc1Cl)Nc1ccc(C(O)(C(F)(F)F)C(F)(F)F)cc1. The summed E-state index contributed by atoms with van der Waals surface area (Å²) < 4.78 is 123. The number of hydrogen-bond donors (Lipinski definition) is 2. The summed E-state index contributed by atoms with van der Waals surface area (Å²) >= 11 is 5.99. The first-order valence-electron chi connectivity index (χ1n) is 9.76. The summed E-state index contributed by atoms with van der Waals surface area (Å²) in [5.74, 6) is -1.57. The highest BCUT2D eigenvalue weighted by atomic mass is 35.5. The van der Waals surface area contributed by atoms with Crippen LogP contribution in [0.1, 0.15) is 11.3 Å². The number of hydrogen-bond acceptors (Lipinski definition) is 4. The van der Waals surface area contributed by atoms with Crippen LogP contribution in [0.5, 0.6) is 5.88 Å². The van der Waals surface area contributed by atoms with Gasteiger partial charge in [-0.25, -0.2) is 0 Å². The van der Waals surface area contributed by atoms with E-state index in [4.69, 9.17) is 16.3 Å². The normalized spacial score (nSPS) is 12.9. The molecule has 1 heterocycles. The Morgan fingerprint density at radius 1 is 0.946 bits per heavy atom. The zero-order valence-electron chi connectivity index (χ0n) is 17.8. The van der Waals surface area contributed by atoms with Crippen LogP contribution in [-0.2, 0) is 16.6 Å². The van der Waals surface area contributed by atoms with Crippen molar-refractivity contribution in [1.29, 1.82) is 0 Å². The summed E-state index contributed by atoms with van der Waals surface area (Å²) in [4.78, 5) is 12.2. The van der Waals surface area contributed by atoms with Gasteiger partial charge in [0, 0.05) is 17.3 Å². The molecule has 0 aliphatic carbocycles. The smallest absolute Gasteiger partial charge is 0.435 e. The number of benzene rings is 2. The van der Waals surface area contributed by atoms with Crippen LogP contribution in [0.2, 0.25) is 5.02 Å². The Morgan fingerprint density at radius 3 is 2.03 bits per heavy atom. The molecule has 1 aromatic heterocycles. The Labute approximate surface area is 206 Å². The van der Waals surface area contributed by atoms with Crippen LogP contribution in [0.15, 0.2) is 54.6 Å². The molecule has 16 heteroatoms. The zero-order chi connectivity index (χ0) is 27.8. The van der Waals surface area contributed by atoms with E-state index in [-0.39, 0.29) is 16.4 Å². The Morgan fingerprint density at radius 2 is 1.51 bits per heavy atom. The fourth-order valence-electron chi connectivity index (χ4n) is 3.02. The minimum Gasteiger partial charge on any atom is -0.467 e. The first-order valence-corrected chi connectivity index (χ1v) is 10.1. The number of para-hydroxylation sites is 1. The molecule has 3 rings (SSSR count). The average molecular weight is 562 g/mol. The van der Waals surface area contributed by atoms with E-state index in [9.17, 15) is 49.4 Å². The Balaban J connectivity index is 1.77. The van der Waals surface area contributed by atoms with Gasteiger partial charge in [0.15, 0.2) is 12.3 Å². The van der Waals surface area contributed by atoms with E-state index >= 15 is 0 Å². The van der Waals surface area contributed by atoms with Crippen LogP contribution in [0, 0.1) is 0 Å². The van der Waals surface area contributed by atoms with E-state index in [2.05, 4.69) is 10.4 Å². The first kappa shape index (κ1) is 28.1. The number of nitrogens with zero attached hydrogens (tertiary/aromatic N) is 2. The van der Waals surface area contributed by atoms with Crippen LogP contribution < -0.4 is 10.1 Å². The number of alkyl halides is 9. The molecule has 0 aliphatic rings. The number of carbonyl (C=O) groups excluding carboxylic acids is 1. The lowest BCUT2D eigenvalue weighted by molar-refractivity contribution is -0.376. The van der Waals surface area contributed by atoms with Crippen molar-refractivity contribution in [3.63, 3.8) is 0 Å². The summed E-state index contributed by atoms with van der Waals surface area (Å²) in [5.41, 5.74) is -8.36. The van der Waals surface area contributed by atoms with Crippen molar-refractivity contribution < 1.29 is 54.2 Å². The third kappa shape index (κ3) is 5.77. The Hall–Kier alpha value is -3.46. The molecule has 37 heavy (non-hydrogen) atoms. The number of aliphatic hydroxyl groups is 1. The molecule has 6 nitrogen and oxygen atoms in total. The van der Waals surface area contributed by atoms with Crippen molar-refractivity contribution in [2.75, 3.05) is 11.9 Å². The molecular formula is C21H13ClF9N3O3. The monoisotopic (exact) mass is 561 g/mol. The van der Waals surface area contributed by atoms with Gasteiger partial charge in [0.05, 0.1) is 10.7 Å². The van der Waals surface area contributed by atoms with Crippen LogP contribution in [0.25, 0.3) is 5.69 Å². The largest absolute Gasteiger partial charge is 0.467 e. The second kappa shape index (κ2) is 9.78. The predicted molar refractivity (Wildman–Crippen MR) is 110 cm³/mol. The molecule has 0 radical (unpaired) electrons. The molecule has 0 atom stereocenters. The Kier molecular flexibility index (Phi) is 7.43. The quantitative estimate of drug-likeness (QED) is 0.369. The summed E-state index contributed by atoms with van der Waals surface area (Å²) in [6.07, 6.45) is -17.1. The van der Waals surface area contributed by atoms with E-state index in [0.717, 1.165) is 0 Å². The van der Waals surface area contributed by atoms with Crippen LogP contribution >= 0.6 is 11.6 Å². The zero-order valence-corrected chi connectivity index (χ0v) is 18.6. The summed E-state index contributed by atoms with van der Waals surface area (Å²) in [5, 5.41) is 14.9. The first-order chi connectivity index (χ1) is 16.9. The van der Waals surface area contributed by atoms with Crippen molar-refractivity contribution in [3.05, 3.63) is 70.9 Å². The van der Waals surface area contributed by atoms with Gasteiger partial charge in [-0.3, -0.25) is 4.79 Å². The molecule has 0 unspecified atom stereocenters. The second-order valence-corrected chi connectivity index (χ2v) is 7.76. The highest BCUT2D eigenvalue weighted by molar-refractivity contribution is 6.32. The van der Waals surface area contributed by atoms with Gasteiger partial charge in [-0.1, -0.05) is 35.9 Å². The lowest BCUT2D eigenvalue weighted by Crippen LogP contribution is -2.53. The third-order valence-electron chi connectivity index (χ3n) is 4.81. The topological polar surface area (TPSA) is 76.4 Å². The van der Waals surface area contributed by atoms with Gasteiger partial charge in [0.2, 0.25) is 5.88 Å². The third-order valence-corrected chi connectivity index (χ3v) is 5.13. The van der Waals surface area contributed by atoms with Gasteiger partial charge < -0.3 is 15.2 Å². The molecule has 0 saturated heterocycles. The second-order valence-electron chi connectivity index (χ2n) is 7.35. The average Bonchev–Trinajstić information content (AvgIpc) is 3.21. The van der Waals surface area contributed by atoms with Crippen molar-refractivity contribution in [2.24, 2.45) is 0 Å². The standard InChI is InChI=1S/C21H13ClF9N3O3/c22-13-3-1-2-4-14(13)34-17(9-15(33-34)19(23,24)25)37-10-16(35)32-12-7-5-11(6-8-12)18(36,20(26,27)28)21(29,30)31/h1-9,36H,10H2,(H,32,35). The highest BCUT2D eigenvalue weighted by Crippen LogP contribution is 2.50. The molecule has 200 valence electrons. The fourth-order valence-corrected chi connectivity index (χ4v) is 3.24. The number of amides is 1. The van der Waals surface area contributed by atoms with Gasteiger partial charge in [-0.15, -0.1) is 0 Å². The number of rotatable bonds is 6. The number of halogens is 10. The minimum absolute atomic E-state index is 0.00592. The van der Waals surface area contributed by atoms with E-state index in [1.54, 1.807) is 0 Å². The van der Waals surface area contributed by atoms with Gasteiger partial charge in [0.1, 0.15) is 0 Å². The maximum atomic E-state index is 13.1. The molecule has 2 N–H and O–H groups in total. The molecular weight excluding hydrogens is 549 g/mol. The van der Waals surface area contributed by atoms with Gasteiger partial charge in [-0.2, -0.15) is 49.3 Å². The molecule has 3 aromatic rings. The number of nitrogens with one attached hydrogen (secondary N) is 1. The number of aromatic nitrogens is 2. The van der Waals surface area contributed by atoms with Crippen molar-refractivity contribution in [2.45, 2.75) is 24.1 Å². The number of carbonyl (C=O) groups is 1. The lowest BCUT2D eigenvalue weighted by atomic mass is 9.92. The molecule has 0 aliphatic heterocycles. The lowest BCUT2D eigenvalue weighted by Gasteiger charge is -2.32. The van der Waals surface area contributed by atoms with E-state index in [1.807, 2.05) is 0 Å². The van der Waals surface area contributed by atoms with Gasteiger partial charge in [-0.05, 0) is 24.3 Å². The van der Waals surface area contributed by atoms with Crippen LogP contribution in [-0.4, -0.2) is 39.8 Å². The minimum atomic E-state index is -6.09. The van der Waals surface area contributed by atoms with Crippen molar-refractivity contribution in [1.82, 2.24) is 9.78 Å². The van der Waals surface area contributed by atoms with Crippen LogP contribution in [0.4, 0.5) is 45.2 Å². The fraction of sp³-hybridized carbons (Fsp3) is 0.238. The number of ether oxygens (including phenoxy) is 1. The maximum absolute atomic E-state index is 13.1. The molecule has 2 aromatic carbocycles. The van der Waals surface area contributed by atoms with Crippen molar-refractivity contribution >= 4 is 23.2 Å². The summed E-state index contributed by atoms with van der Waals surface area (Å²) in [6.45, 7) is -0.926. The van der Waals surface area contributed by atoms with E-state index < -0.39 is 53.8 Å². The van der Waals surface area contributed by atoms with E-state index in [1.165, 1.54) is 24.3 Å². The summed E-state index contributed by atoms with van der Waals surface area (Å²) in [7, 11) is 0. The maximum Gasteiger partial charge on any atom is 0.435 e. The molecule has 0 spiro atoms. The molecule has 0 fully saturated rings. The molecule has 0 saturated carbocycles. The van der Waals surface area contributed by atoms with Gasteiger partial charge in [0.25, 0.3) is 11.5 Å². The van der Waals surface area contributed by atoms with Crippen LogP contribution in [0.3, 0.4) is 0 Å². The van der Waals surface area contributed by atoms with Gasteiger partial charge >= 0.3 is 18.5 Å².